The Hall–Kier alpha value is -3.10. The first kappa shape index (κ1) is 21.1. The number of hydrogen-bond acceptors (Lipinski definition) is 5. The highest BCUT2D eigenvalue weighted by Crippen LogP contribution is 2.29. The van der Waals surface area contributed by atoms with Crippen LogP contribution in [-0.2, 0) is 14.8 Å². The number of amides is 1. The van der Waals surface area contributed by atoms with Crippen LogP contribution in [0.4, 0.5) is 5.69 Å². The molecule has 0 saturated heterocycles. The minimum Gasteiger partial charge on any atom is -0.326 e. The number of hydrogen-bond donors (Lipinski definition) is 1. The van der Waals surface area contributed by atoms with Crippen LogP contribution in [-0.4, -0.2) is 29.0 Å². The van der Waals surface area contributed by atoms with Gasteiger partial charge >= 0.3 is 0 Å². The molecule has 0 aliphatic rings. The Kier molecular flexibility index (Phi) is 6.11. The summed E-state index contributed by atoms with van der Waals surface area (Å²) in [6.07, 6.45) is 0.229. The van der Waals surface area contributed by atoms with Gasteiger partial charge in [-0.1, -0.05) is 54.2 Å². The standard InChI is InChI=1S/C23H21N3O3S2/c1-17-8-7-9-18(16-17)24-22(27)14-15-30-23-25-20-12-5-6-13-21(20)26(23)31(28,29)19-10-3-2-4-11-19/h2-13,16H,14-15H2,1H3,(H,24,27). The summed E-state index contributed by atoms with van der Waals surface area (Å²) in [6, 6.07) is 23.0. The van der Waals surface area contributed by atoms with Gasteiger partial charge < -0.3 is 5.32 Å². The second-order valence-corrected chi connectivity index (χ2v) is 9.83. The molecule has 0 atom stereocenters. The maximum Gasteiger partial charge on any atom is 0.270 e. The minimum absolute atomic E-state index is 0.133. The van der Waals surface area contributed by atoms with Crippen molar-refractivity contribution in [3.8, 4) is 0 Å². The number of nitrogens with one attached hydrogen (secondary N) is 1. The molecule has 0 unspecified atom stereocenters. The number of fused-ring (bicyclic) bond motifs is 1. The third-order valence-electron chi connectivity index (χ3n) is 4.63. The lowest BCUT2D eigenvalue weighted by molar-refractivity contribution is -0.115. The van der Waals surface area contributed by atoms with Gasteiger partial charge in [0.1, 0.15) is 0 Å². The number of nitrogens with zero attached hydrogens (tertiary/aromatic N) is 2. The molecule has 0 aliphatic heterocycles. The lowest BCUT2D eigenvalue weighted by Crippen LogP contribution is -2.15. The van der Waals surface area contributed by atoms with E-state index in [1.54, 1.807) is 48.5 Å². The molecule has 1 N–H and O–H groups in total. The van der Waals surface area contributed by atoms with Crippen LogP contribution < -0.4 is 5.32 Å². The molecule has 158 valence electrons. The summed E-state index contributed by atoms with van der Waals surface area (Å²) < 4.78 is 27.9. The summed E-state index contributed by atoms with van der Waals surface area (Å²) >= 11 is 1.25. The predicted molar refractivity (Wildman–Crippen MR) is 124 cm³/mol. The number of aromatic nitrogens is 2. The predicted octanol–water partition coefficient (Wildman–Crippen LogP) is 4.70. The molecule has 1 aromatic heterocycles. The molecule has 0 aliphatic carbocycles. The van der Waals surface area contributed by atoms with Crippen molar-refractivity contribution in [1.29, 1.82) is 0 Å². The SMILES string of the molecule is Cc1cccc(NC(=O)CCSc2nc3ccccc3n2S(=O)(=O)c2ccccc2)c1. The molecular formula is C23H21N3O3S2. The van der Waals surface area contributed by atoms with Gasteiger partial charge in [0, 0.05) is 17.9 Å². The number of carbonyl (C=O) groups is 1. The van der Waals surface area contributed by atoms with Crippen molar-refractivity contribution in [2.24, 2.45) is 0 Å². The Morgan fingerprint density at radius 2 is 1.74 bits per heavy atom. The lowest BCUT2D eigenvalue weighted by Gasteiger charge is -2.10. The molecule has 31 heavy (non-hydrogen) atoms. The monoisotopic (exact) mass is 451 g/mol. The van der Waals surface area contributed by atoms with Gasteiger partial charge in [-0.25, -0.2) is 17.4 Å². The van der Waals surface area contributed by atoms with E-state index in [0.717, 1.165) is 11.3 Å². The van der Waals surface area contributed by atoms with Gasteiger partial charge in [0.15, 0.2) is 5.16 Å². The van der Waals surface area contributed by atoms with E-state index in [1.807, 2.05) is 37.3 Å². The number of rotatable bonds is 7. The van der Waals surface area contributed by atoms with Gasteiger partial charge in [-0.15, -0.1) is 0 Å². The Bertz CT molecular complexity index is 1330. The second kappa shape index (κ2) is 8.95. The Morgan fingerprint density at radius 3 is 2.52 bits per heavy atom. The largest absolute Gasteiger partial charge is 0.326 e. The molecule has 4 aromatic rings. The van der Waals surface area contributed by atoms with E-state index in [0.29, 0.717) is 21.9 Å². The summed E-state index contributed by atoms with van der Waals surface area (Å²) in [6.45, 7) is 1.96. The highest BCUT2D eigenvalue weighted by Gasteiger charge is 2.24. The molecule has 1 heterocycles. The fraction of sp³-hybridized carbons (Fsp3) is 0.130. The fourth-order valence-electron chi connectivity index (χ4n) is 3.18. The van der Waals surface area contributed by atoms with E-state index in [9.17, 15) is 13.2 Å². The number of aryl methyl sites for hydroxylation is 1. The van der Waals surface area contributed by atoms with Gasteiger partial charge in [-0.2, -0.15) is 0 Å². The summed E-state index contributed by atoms with van der Waals surface area (Å²) in [7, 11) is -3.82. The number of imidazole rings is 1. The van der Waals surface area contributed by atoms with Gasteiger partial charge in [0.25, 0.3) is 10.0 Å². The molecule has 0 saturated carbocycles. The molecule has 0 spiro atoms. The molecule has 3 aromatic carbocycles. The topological polar surface area (TPSA) is 81.1 Å². The van der Waals surface area contributed by atoms with Crippen LogP contribution in [0.2, 0.25) is 0 Å². The van der Waals surface area contributed by atoms with Crippen LogP contribution in [0.25, 0.3) is 11.0 Å². The van der Waals surface area contributed by atoms with E-state index in [2.05, 4.69) is 10.3 Å². The quantitative estimate of drug-likeness (QED) is 0.412. The van der Waals surface area contributed by atoms with E-state index in [1.165, 1.54) is 15.7 Å². The number of carbonyl (C=O) groups excluding carboxylic acids is 1. The smallest absolute Gasteiger partial charge is 0.270 e. The van der Waals surface area contributed by atoms with E-state index in [4.69, 9.17) is 0 Å². The van der Waals surface area contributed by atoms with Crippen LogP contribution in [0.15, 0.2) is 88.9 Å². The van der Waals surface area contributed by atoms with Gasteiger partial charge in [-0.05, 0) is 48.9 Å². The number of thioether (sulfide) groups is 1. The van der Waals surface area contributed by atoms with Crippen LogP contribution in [0, 0.1) is 6.92 Å². The van der Waals surface area contributed by atoms with Crippen molar-refractivity contribution in [2.75, 3.05) is 11.1 Å². The Balaban J connectivity index is 1.56. The maximum atomic E-state index is 13.3. The van der Waals surface area contributed by atoms with Crippen molar-refractivity contribution in [1.82, 2.24) is 8.96 Å². The van der Waals surface area contributed by atoms with Crippen molar-refractivity contribution >= 4 is 44.4 Å². The van der Waals surface area contributed by atoms with Crippen molar-refractivity contribution in [3.05, 3.63) is 84.4 Å². The highest BCUT2D eigenvalue weighted by atomic mass is 32.2. The number of para-hydroxylation sites is 2. The summed E-state index contributed by atoms with van der Waals surface area (Å²) in [5.74, 6) is 0.261. The second-order valence-electron chi connectivity index (χ2n) is 6.98. The molecule has 1 amide bonds. The van der Waals surface area contributed by atoms with E-state index >= 15 is 0 Å². The normalized spacial score (nSPS) is 11.5. The summed E-state index contributed by atoms with van der Waals surface area (Å²) in [5.41, 5.74) is 2.91. The zero-order valence-electron chi connectivity index (χ0n) is 16.9. The average Bonchev–Trinajstić information content (AvgIpc) is 3.13. The average molecular weight is 452 g/mol. The first-order valence-corrected chi connectivity index (χ1v) is 12.1. The molecule has 0 radical (unpaired) electrons. The van der Waals surface area contributed by atoms with Gasteiger partial charge in [-0.3, -0.25) is 4.79 Å². The first-order valence-electron chi connectivity index (χ1n) is 9.72. The molecule has 6 nitrogen and oxygen atoms in total. The minimum atomic E-state index is -3.82. The Labute approximate surface area is 185 Å². The van der Waals surface area contributed by atoms with Crippen LogP contribution in [0.1, 0.15) is 12.0 Å². The molecule has 0 bridgehead atoms. The first-order chi connectivity index (χ1) is 14.9. The number of anilines is 1. The van der Waals surface area contributed by atoms with Gasteiger partial charge in [0.05, 0.1) is 15.9 Å². The van der Waals surface area contributed by atoms with Crippen molar-refractivity contribution in [2.45, 2.75) is 23.4 Å². The molecule has 0 fully saturated rings. The fourth-order valence-corrected chi connectivity index (χ4v) is 5.86. The lowest BCUT2D eigenvalue weighted by atomic mass is 10.2. The summed E-state index contributed by atoms with van der Waals surface area (Å²) in [4.78, 5) is 17.0. The molecular weight excluding hydrogens is 430 g/mol. The van der Waals surface area contributed by atoms with Crippen molar-refractivity contribution < 1.29 is 13.2 Å². The van der Waals surface area contributed by atoms with E-state index < -0.39 is 10.0 Å². The third kappa shape index (κ3) is 4.65. The van der Waals surface area contributed by atoms with Crippen LogP contribution in [0.3, 0.4) is 0 Å². The molecule has 8 heteroatoms. The zero-order chi connectivity index (χ0) is 21.8. The van der Waals surface area contributed by atoms with Gasteiger partial charge in [0.2, 0.25) is 5.91 Å². The highest BCUT2D eigenvalue weighted by molar-refractivity contribution is 8.00. The third-order valence-corrected chi connectivity index (χ3v) is 7.41. The van der Waals surface area contributed by atoms with Crippen LogP contribution >= 0.6 is 11.8 Å². The Morgan fingerprint density at radius 1 is 1.00 bits per heavy atom. The van der Waals surface area contributed by atoms with Crippen molar-refractivity contribution in [3.63, 3.8) is 0 Å². The molecule has 4 rings (SSSR count). The van der Waals surface area contributed by atoms with E-state index in [-0.39, 0.29) is 17.2 Å². The van der Waals surface area contributed by atoms with Crippen LogP contribution in [0.5, 0.6) is 0 Å². The zero-order valence-corrected chi connectivity index (χ0v) is 18.5. The summed E-state index contributed by atoms with van der Waals surface area (Å²) in [5, 5.41) is 3.21. The number of benzene rings is 3. The maximum absolute atomic E-state index is 13.3.